The van der Waals surface area contributed by atoms with Crippen LogP contribution in [0.15, 0.2) is 47.6 Å². The molecule has 0 aliphatic heterocycles. The van der Waals surface area contributed by atoms with Crippen molar-refractivity contribution in [1.29, 1.82) is 0 Å². The monoisotopic (exact) mass is 262 g/mol. The van der Waals surface area contributed by atoms with E-state index >= 15 is 0 Å². The Bertz CT molecular complexity index is 536. The van der Waals surface area contributed by atoms with Crippen molar-refractivity contribution in [3.8, 4) is 0 Å². The average molecular weight is 262 g/mol. The zero-order valence-corrected chi connectivity index (χ0v) is 11.4. The fourth-order valence-electron chi connectivity index (χ4n) is 2.46. The molecule has 1 aliphatic rings. The summed E-state index contributed by atoms with van der Waals surface area (Å²) in [6.07, 6.45) is 3.05. The number of aliphatic carboxylic acids is 2. The largest absolute Gasteiger partial charge is 0.481 e. The molecule has 19 heavy (non-hydrogen) atoms. The number of carbonyl (C=O) groups is 2. The van der Waals surface area contributed by atoms with Gasteiger partial charge in [0.15, 0.2) is 0 Å². The molecule has 0 saturated carbocycles. The topological polar surface area (TPSA) is 74.6 Å². The van der Waals surface area contributed by atoms with Gasteiger partial charge >= 0.3 is 11.9 Å². The molecule has 4 nitrogen and oxygen atoms in total. The lowest BCUT2D eigenvalue weighted by Gasteiger charge is -2.36. The molecule has 4 heteroatoms. The third-order valence-electron chi connectivity index (χ3n) is 3.42. The molecule has 2 atom stereocenters. The highest BCUT2D eigenvalue weighted by Crippen LogP contribution is 2.45. The standard InChI is InChI=1S/C15H18O4/c1-8(2)10-6-7-15(5,14(18)19)12(9(3)4)11(10)13(16)17/h6-7,12H,1,3H2,2,4-5H3,(H,16,17)(H,18,19). The number of carboxylic acids is 2. The van der Waals surface area contributed by atoms with E-state index in [0.29, 0.717) is 16.7 Å². The maximum atomic E-state index is 11.5. The van der Waals surface area contributed by atoms with Crippen molar-refractivity contribution in [2.75, 3.05) is 0 Å². The van der Waals surface area contributed by atoms with Gasteiger partial charge in [0.05, 0.1) is 11.0 Å². The molecule has 2 unspecified atom stereocenters. The maximum absolute atomic E-state index is 11.5. The van der Waals surface area contributed by atoms with E-state index in [1.807, 2.05) is 0 Å². The zero-order chi connectivity index (χ0) is 15.0. The van der Waals surface area contributed by atoms with Crippen LogP contribution in [0.3, 0.4) is 0 Å². The molecule has 0 bridgehead atoms. The summed E-state index contributed by atoms with van der Waals surface area (Å²) in [4.78, 5) is 23.0. The summed E-state index contributed by atoms with van der Waals surface area (Å²) >= 11 is 0. The second kappa shape index (κ2) is 4.88. The van der Waals surface area contributed by atoms with Crippen LogP contribution in [0, 0.1) is 11.3 Å². The highest BCUT2D eigenvalue weighted by Gasteiger charge is 2.46. The van der Waals surface area contributed by atoms with Crippen molar-refractivity contribution < 1.29 is 19.8 Å². The number of rotatable bonds is 4. The highest BCUT2D eigenvalue weighted by atomic mass is 16.4. The second-order valence-electron chi connectivity index (χ2n) is 5.11. The number of allylic oxidation sites excluding steroid dienone is 4. The normalized spacial score (nSPS) is 26.2. The molecule has 0 aromatic carbocycles. The van der Waals surface area contributed by atoms with Crippen LogP contribution in [-0.4, -0.2) is 22.2 Å². The molecule has 0 saturated heterocycles. The fraction of sp³-hybridized carbons (Fsp3) is 0.333. The van der Waals surface area contributed by atoms with Gasteiger partial charge in [0.1, 0.15) is 0 Å². The minimum atomic E-state index is -1.31. The minimum absolute atomic E-state index is 0.0485. The van der Waals surface area contributed by atoms with Gasteiger partial charge in [-0.3, -0.25) is 4.79 Å². The van der Waals surface area contributed by atoms with Crippen LogP contribution in [0.4, 0.5) is 0 Å². The third-order valence-corrected chi connectivity index (χ3v) is 3.42. The lowest BCUT2D eigenvalue weighted by molar-refractivity contribution is -0.147. The molecule has 2 N–H and O–H groups in total. The average Bonchev–Trinajstić information content (AvgIpc) is 2.26. The van der Waals surface area contributed by atoms with Crippen molar-refractivity contribution in [2.45, 2.75) is 20.8 Å². The van der Waals surface area contributed by atoms with E-state index in [2.05, 4.69) is 13.2 Å². The van der Waals surface area contributed by atoms with Crippen molar-refractivity contribution in [3.63, 3.8) is 0 Å². The van der Waals surface area contributed by atoms with E-state index in [1.165, 1.54) is 19.1 Å². The molecule has 0 heterocycles. The molecule has 0 amide bonds. The Labute approximate surface area is 112 Å². The Morgan fingerprint density at radius 3 is 2.11 bits per heavy atom. The fourth-order valence-corrected chi connectivity index (χ4v) is 2.46. The summed E-state index contributed by atoms with van der Waals surface area (Å²) < 4.78 is 0. The summed E-state index contributed by atoms with van der Waals surface area (Å²) in [5.41, 5.74) is 0.308. The van der Waals surface area contributed by atoms with Crippen LogP contribution in [-0.2, 0) is 9.59 Å². The number of hydrogen-bond donors (Lipinski definition) is 2. The predicted molar refractivity (Wildman–Crippen MR) is 72.7 cm³/mol. The van der Waals surface area contributed by atoms with Crippen LogP contribution >= 0.6 is 0 Å². The Hall–Kier alpha value is -2.10. The van der Waals surface area contributed by atoms with E-state index in [9.17, 15) is 19.8 Å². The summed E-state index contributed by atoms with van der Waals surface area (Å²) in [6, 6.07) is 0. The quantitative estimate of drug-likeness (QED) is 0.764. The van der Waals surface area contributed by atoms with Crippen LogP contribution in [0.5, 0.6) is 0 Å². The Kier molecular flexibility index (Phi) is 3.84. The van der Waals surface area contributed by atoms with Crippen molar-refractivity contribution >= 4 is 11.9 Å². The molecular weight excluding hydrogens is 244 g/mol. The van der Waals surface area contributed by atoms with Crippen molar-refractivity contribution in [3.05, 3.63) is 47.6 Å². The van der Waals surface area contributed by atoms with E-state index in [-0.39, 0.29) is 5.57 Å². The smallest absolute Gasteiger partial charge is 0.332 e. The first-order valence-corrected chi connectivity index (χ1v) is 5.84. The maximum Gasteiger partial charge on any atom is 0.332 e. The number of carboxylic acid groups (broad SMARTS) is 2. The van der Waals surface area contributed by atoms with Gasteiger partial charge in [-0.05, 0) is 26.3 Å². The van der Waals surface area contributed by atoms with Gasteiger partial charge in [0.25, 0.3) is 0 Å². The van der Waals surface area contributed by atoms with E-state index < -0.39 is 23.3 Å². The van der Waals surface area contributed by atoms with Gasteiger partial charge in [-0.25, -0.2) is 4.79 Å². The lowest BCUT2D eigenvalue weighted by atomic mass is 9.65. The van der Waals surface area contributed by atoms with Gasteiger partial charge in [-0.1, -0.05) is 36.5 Å². The van der Waals surface area contributed by atoms with Crippen LogP contribution in [0.25, 0.3) is 0 Å². The molecule has 1 rings (SSSR count). The first kappa shape index (κ1) is 15.0. The zero-order valence-electron chi connectivity index (χ0n) is 11.4. The third kappa shape index (κ3) is 2.38. The van der Waals surface area contributed by atoms with E-state index in [4.69, 9.17) is 0 Å². The second-order valence-corrected chi connectivity index (χ2v) is 5.11. The number of hydrogen-bond acceptors (Lipinski definition) is 2. The SMILES string of the molecule is C=C(C)C1=C(C(=O)O)C(C(=C)C)C(C)(C(=O)O)C=C1. The van der Waals surface area contributed by atoms with Gasteiger partial charge in [-0.15, -0.1) is 0 Å². The van der Waals surface area contributed by atoms with Crippen LogP contribution in [0.1, 0.15) is 20.8 Å². The predicted octanol–water partition coefficient (Wildman–Crippen LogP) is 2.80. The van der Waals surface area contributed by atoms with Gasteiger partial charge in [0.2, 0.25) is 0 Å². The highest BCUT2D eigenvalue weighted by molar-refractivity contribution is 5.94. The van der Waals surface area contributed by atoms with Gasteiger partial charge < -0.3 is 10.2 Å². The minimum Gasteiger partial charge on any atom is -0.481 e. The summed E-state index contributed by atoms with van der Waals surface area (Å²) in [5.74, 6) is -2.99. The summed E-state index contributed by atoms with van der Waals surface area (Å²) in [7, 11) is 0. The van der Waals surface area contributed by atoms with Crippen molar-refractivity contribution in [2.24, 2.45) is 11.3 Å². The molecule has 0 fully saturated rings. The Balaban J connectivity index is 3.62. The molecule has 0 spiro atoms. The lowest BCUT2D eigenvalue weighted by Crippen LogP contribution is -2.39. The molecule has 0 radical (unpaired) electrons. The van der Waals surface area contributed by atoms with Crippen molar-refractivity contribution in [1.82, 2.24) is 0 Å². The summed E-state index contributed by atoms with van der Waals surface area (Å²) in [6.45, 7) is 12.3. The van der Waals surface area contributed by atoms with E-state index in [1.54, 1.807) is 13.8 Å². The van der Waals surface area contributed by atoms with Gasteiger partial charge in [0, 0.05) is 5.92 Å². The first-order chi connectivity index (χ1) is 8.62. The molecule has 102 valence electrons. The molecular formula is C15H18O4. The van der Waals surface area contributed by atoms with Gasteiger partial charge in [-0.2, -0.15) is 0 Å². The Morgan fingerprint density at radius 2 is 1.79 bits per heavy atom. The molecule has 0 aromatic rings. The van der Waals surface area contributed by atoms with Crippen LogP contribution < -0.4 is 0 Å². The molecule has 0 aromatic heterocycles. The first-order valence-electron chi connectivity index (χ1n) is 5.84. The summed E-state index contributed by atoms with van der Waals surface area (Å²) in [5, 5.41) is 18.8. The molecule has 1 aliphatic carbocycles. The van der Waals surface area contributed by atoms with Crippen LogP contribution in [0.2, 0.25) is 0 Å². The van der Waals surface area contributed by atoms with E-state index in [0.717, 1.165) is 0 Å². The Morgan fingerprint density at radius 1 is 1.26 bits per heavy atom.